The number of hydrogen-bond donors (Lipinski definition) is 1. The Labute approximate surface area is 129 Å². The van der Waals surface area contributed by atoms with Gasteiger partial charge in [-0.2, -0.15) is 5.10 Å². The van der Waals surface area contributed by atoms with E-state index in [-0.39, 0.29) is 0 Å². The van der Waals surface area contributed by atoms with Crippen LogP contribution in [0.25, 0.3) is 0 Å². The van der Waals surface area contributed by atoms with Crippen molar-refractivity contribution >= 4 is 11.6 Å². The number of hydrogen-bond acceptors (Lipinski definition) is 2. The minimum absolute atomic E-state index is 0.497. The molecule has 2 unspecified atom stereocenters. The molecule has 0 saturated heterocycles. The largest absolute Gasteiger partial charge is 0.314 e. The highest BCUT2D eigenvalue weighted by Crippen LogP contribution is 2.25. The molecule has 2 atom stereocenters. The number of nitrogens with one attached hydrogen (secondary N) is 1. The summed E-state index contributed by atoms with van der Waals surface area (Å²) < 4.78 is 1.78. The van der Waals surface area contributed by atoms with Crippen molar-refractivity contribution in [1.82, 2.24) is 15.1 Å². The number of likely N-dealkylation sites (N-methyl/N-ethyl adjacent to an activating group) is 1. The summed E-state index contributed by atoms with van der Waals surface area (Å²) in [6, 6.07) is 0.497. The van der Waals surface area contributed by atoms with Gasteiger partial charge in [0.25, 0.3) is 0 Å². The predicted octanol–water partition coefficient (Wildman–Crippen LogP) is 4.12. The monoisotopic (exact) mass is 299 g/mol. The molecule has 20 heavy (non-hydrogen) atoms. The Morgan fingerprint density at radius 3 is 2.45 bits per heavy atom. The maximum absolute atomic E-state index is 6.38. The normalized spacial score (nSPS) is 14.5. The molecule has 1 rings (SSSR count). The van der Waals surface area contributed by atoms with Gasteiger partial charge >= 0.3 is 0 Å². The van der Waals surface area contributed by atoms with Crippen molar-refractivity contribution in [2.45, 2.75) is 65.8 Å². The lowest BCUT2D eigenvalue weighted by Gasteiger charge is -2.27. The molecule has 0 aromatic carbocycles. The molecule has 0 aliphatic carbocycles. The Morgan fingerprint density at radius 1 is 1.30 bits per heavy atom. The molecule has 1 aromatic rings. The smallest absolute Gasteiger partial charge is 0.130 e. The molecule has 0 fully saturated rings. The minimum atomic E-state index is 0.497. The molecule has 0 saturated carbocycles. The van der Waals surface area contributed by atoms with Crippen LogP contribution in [0.5, 0.6) is 0 Å². The van der Waals surface area contributed by atoms with Gasteiger partial charge in [-0.25, -0.2) is 0 Å². The number of aryl methyl sites for hydroxylation is 2. The van der Waals surface area contributed by atoms with Gasteiger partial charge in [0.2, 0.25) is 0 Å². The van der Waals surface area contributed by atoms with E-state index in [0.717, 1.165) is 23.8 Å². The van der Waals surface area contributed by atoms with E-state index in [9.17, 15) is 0 Å². The summed E-state index contributed by atoms with van der Waals surface area (Å²) >= 11 is 6.38. The van der Waals surface area contributed by atoms with Crippen LogP contribution in [0.2, 0.25) is 5.15 Å². The maximum atomic E-state index is 6.38. The SMILES string of the molecule is CCCCC(CC)C(Cc1c(C)nn(C)c1Cl)NCC. The van der Waals surface area contributed by atoms with Crippen molar-refractivity contribution in [1.29, 1.82) is 0 Å². The molecule has 0 radical (unpaired) electrons. The van der Waals surface area contributed by atoms with Crippen LogP contribution in [0.1, 0.15) is 57.7 Å². The van der Waals surface area contributed by atoms with E-state index < -0.39 is 0 Å². The van der Waals surface area contributed by atoms with Gasteiger partial charge in [-0.15, -0.1) is 0 Å². The van der Waals surface area contributed by atoms with Crippen LogP contribution in [-0.4, -0.2) is 22.4 Å². The van der Waals surface area contributed by atoms with Crippen molar-refractivity contribution in [3.8, 4) is 0 Å². The van der Waals surface area contributed by atoms with E-state index in [1.165, 1.54) is 31.2 Å². The van der Waals surface area contributed by atoms with Gasteiger partial charge in [0, 0.05) is 18.7 Å². The summed E-state index contributed by atoms with van der Waals surface area (Å²) in [5.41, 5.74) is 2.26. The molecule has 1 heterocycles. The third-order valence-corrected chi connectivity index (χ3v) is 4.65. The maximum Gasteiger partial charge on any atom is 0.130 e. The summed E-state index contributed by atoms with van der Waals surface area (Å²) in [7, 11) is 1.91. The summed E-state index contributed by atoms with van der Waals surface area (Å²) in [4.78, 5) is 0. The average molecular weight is 300 g/mol. The minimum Gasteiger partial charge on any atom is -0.314 e. The second-order valence-electron chi connectivity index (χ2n) is 5.66. The van der Waals surface area contributed by atoms with Crippen molar-refractivity contribution in [2.24, 2.45) is 13.0 Å². The van der Waals surface area contributed by atoms with Gasteiger partial charge in [-0.1, -0.05) is 51.6 Å². The van der Waals surface area contributed by atoms with Crippen molar-refractivity contribution in [3.05, 3.63) is 16.4 Å². The van der Waals surface area contributed by atoms with Crippen LogP contribution < -0.4 is 5.32 Å². The van der Waals surface area contributed by atoms with Crippen LogP contribution >= 0.6 is 11.6 Å². The molecule has 3 nitrogen and oxygen atoms in total. The van der Waals surface area contributed by atoms with Crippen LogP contribution in [0.4, 0.5) is 0 Å². The highest BCUT2D eigenvalue weighted by atomic mass is 35.5. The first-order valence-electron chi connectivity index (χ1n) is 7.96. The molecule has 0 aliphatic heterocycles. The Balaban J connectivity index is 2.84. The Kier molecular flexibility index (Phi) is 7.60. The van der Waals surface area contributed by atoms with Crippen molar-refractivity contribution in [3.63, 3.8) is 0 Å². The van der Waals surface area contributed by atoms with Crippen LogP contribution in [-0.2, 0) is 13.5 Å². The third-order valence-electron chi connectivity index (χ3n) is 4.18. The molecule has 116 valence electrons. The highest BCUT2D eigenvalue weighted by molar-refractivity contribution is 6.30. The van der Waals surface area contributed by atoms with Gasteiger partial charge in [0.15, 0.2) is 0 Å². The lowest BCUT2D eigenvalue weighted by molar-refractivity contribution is 0.319. The zero-order valence-corrected chi connectivity index (χ0v) is 14.4. The Bertz CT molecular complexity index is 401. The van der Waals surface area contributed by atoms with Crippen LogP contribution in [0.15, 0.2) is 0 Å². The Morgan fingerprint density at radius 2 is 2.00 bits per heavy atom. The number of nitrogens with zero attached hydrogens (tertiary/aromatic N) is 2. The van der Waals surface area contributed by atoms with E-state index in [0.29, 0.717) is 12.0 Å². The van der Waals surface area contributed by atoms with E-state index in [4.69, 9.17) is 11.6 Å². The number of unbranched alkanes of at least 4 members (excludes halogenated alkanes) is 1. The second kappa shape index (κ2) is 8.68. The van der Waals surface area contributed by atoms with Gasteiger partial charge in [-0.3, -0.25) is 4.68 Å². The first kappa shape index (κ1) is 17.5. The number of aromatic nitrogens is 2. The molecule has 1 N–H and O–H groups in total. The number of rotatable bonds is 9. The molecular weight excluding hydrogens is 270 g/mol. The summed E-state index contributed by atoms with van der Waals surface area (Å²) in [6.07, 6.45) is 6.06. The first-order chi connectivity index (χ1) is 9.54. The fourth-order valence-electron chi connectivity index (χ4n) is 2.95. The van der Waals surface area contributed by atoms with Crippen molar-refractivity contribution in [2.75, 3.05) is 6.54 Å². The average Bonchev–Trinajstić information content (AvgIpc) is 2.66. The zero-order valence-electron chi connectivity index (χ0n) is 13.7. The van der Waals surface area contributed by atoms with Gasteiger partial charge in [0.05, 0.1) is 5.69 Å². The fraction of sp³-hybridized carbons (Fsp3) is 0.812. The van der Waals surface area contributed by atoms with Crippen LogP contribution in [0, 0.1) is 12.8 Å². The highest BCUT2D eigenvalue weighted by Gasteiger charge is 2.22. The topological polar surface area (TPSA) is 29.9 Å². The molecule has 1 aromatic heterocycles. The summed E-state index contributed by atoms with van der Waals surface area (Å²) in [6.45, 7) is 9.79. The molecule has 0 amide bonds. The standard InChI is InChI=1S/C16H30ClN3/c1-6-9-10-13(7-2)15(18-8-3)11-14-12(4)19-20(5)16(14)17/h13,15,18H,6-11H2,1-5H3. The van der Waals surface area contributed by atoms with Crippen LogP contribution in [0.3, 0.4) is 0 Å². The molecule has 4 heteroatoms. The quantitative estimate of drug-likeness (QED) is 0.743. The molecule has 0 aliphatic rings. The first-order valence-corrected chi connectivity index (χ1v) is 8.34. The lowest BCUT2D eigenvalue weighted by atomic mass is 9.87. The fourth-order valence-corrected chi connectivity index (χ4v) is 3.20. The van der Waals surface area contributed by atoms with Gasteiger partial charge in [-0.05, 0) is 32.2 Å². The number of halogens is 1. The van der Waals surface area contributed by atoms with Crippen molar-refractivity contribution < 1.29 is 0 Å². The van der Waals surface area contributed by atoms with E-state index >= 15 is 0 Å². The van der Waals surface area contributed by atoms with Gasteiger partial charge < -0.3 is 5.32 Å². The van der Waals surface area contributed by atoms with E-state index in [1.807, 2.05) is 7.05 Å². The van der Waals surface area contributed by atoms with E-state index in [2.05, 4.69) is 38.1 Å². The Hall–Kier alpha value is -0.540. The third kappa shape index (κ3) is 4.49. The van der Waals surface area contributed by atoms with Gasteiger partial charge in [0.1, 0.15) is 5.15 Å². The predicted molar refractivity (Wildman–Crippen MR) is 87.4 cm³/mol. The lowest BCUT2D eigenvalue weighted by Crippen LogP contribution is -2.38. The second-order valence-corrected chi connectivity index (χ2v) is 6.02. The van der Waals surface area contributed by atoms with E-state index in [1.54, 1.807) is 4.68 Å². The molecule has 0 spiro atoms. The molecule has 0 bridgehead atoms. The summed E-state index contributed by atoms with van der Waals surface area (Å²) in [5.74, 6) is 0.713. The summed E-state index contributed by atoms with van der Waals surface area (Å²) in [5, 5.41) is 8.87. The zero-order chi connectivity index (χ0) is 15.1. The molecular formula is C16H30ClN3.